The van der Waals surface area contributed by atoms with Gasteiger partial charge in [-0.2, -0.15) is 0 Å². The summed E-state index contributed by atoms with van der Waals surface area (Å²) in [6, 6.07) is 13.6. The van der Waals surface area contributed by atoms with Gasteiger partial charge in [-0.15, -0.1) is 0 Å². The van der Waals surface area contributed by atoms with Crippen molar-refractivity contribution >= 4 is 23.1 Å². The molecule has 1 aromatic carbocycles. The first-order valence-corrected chi connectivity index (χ1v) is 8.51. The Bertz CT molecular complexity index is 677. The van der Waals surface area contributed by atoms with Gasteiger partial charge in [0.25, 0.3) is 0 Å². The van der Waals surface area contributed by atoms with Crippen LogP contribution in [0.5, 0.6) is 0 Å². The van der Waals surface area contributed by atoms with E-state index in [-0.39, 0.29) is 5.91 Å². The molecule has 6 heteroatoms. The lowest BCUT2D eigenvalue weighted by molar-refractivity contribution is -0.130. The maximum absolute atomic E-state index is 12.8. The van der Waals surface area contributed by atoms with Crippen LogP contribution in [0.25, 0.3) is 0 Å². The molecule has 0 atom stereocenters. The molecule has 3 rings (SSSR count). The van der Waals surface area contributed by atoms with E-state index in [2.05, 4.69) is 20.9 Å². The number of amides is 1. The van der Waals surface area contributed by atoms with Crippen LogP contribution in [-0.2, 0) is 9.53 Å². The van der Waals surface area contributed by atoms with Gasteiger partial charge in [-0.25, -0.2) is 4.98 Å². The molecule has 0 aliphatic carbocycles. The highest BCUT2D eigenvalue weighted by molar-refractivity contribution is 5.95. The summed E-state index contributed by atoms with van der Waals surface area (Å²) in [5.74, 6) is 0.735. The van der Waals surface area contributed by atoms with E-state index in [1.807, 2.05) is 42.5 Å². The molecule has 1 aromatic heterocycles. The Morgan fingerprint density at radius 3 is 2.56 bits per heavy atom. The third-order valence-electron chi connectivity index (χ3n) is 4.53. The number of carbonyl (C=O) groups is 1. The number of nitrogens with one attached hydrogen (secondary N) is 3. The van der Waals surface area contributed by atoms with E-state index in [0.717, 1.165) is 37.4 Å². The molecule has 0 saturated carbocycles. The topological polar surface area (TPSA) is 75.3 Å². The Morgan fingerprint density at radius 2 is 1.92 bits per heavy atom. The van der Waals surface area contributed by atoms with Crippen molar-refractivity contribution in [3.8, 4) is 0 Å². The molecule has 1 saturated heterocycles. The van der Waals surface area contributed by atoms with E-state index in [4.69, 9.17) is 4.74 Å². The van der Waals surface area contributed by atoms with Crippen molar-refractivity contribution in [2.45, 2.75) is 12.8 Å². The zero-order chi connectivity index (χ0) is 17.5. The first-order chi connectivity index (χ1) is 12.2. The lowest BCUT2D eigenvalue weighted by Crippen LogP contribution is -2.47. The molecule has 3 N–H and O–H groups in total. The number of para-hydroxylation sites is 1. The van der Waals surface area contributed by atoms with Gasteiger partial charge in [0.15, 0.2) is 0 Å². The van der Waals surface area contributed by atoms with Crippen molar-refractivity contribution < 1.29 is 9.53 Å². The summed E-state index contributed by atoms with van der Waals surface area (Å²) in [6.07, 6.45) is 3.21. The number of hydrogen-bond acceptors (Lipinski definition) is 5. The van der Waals surface area contributed by atoms with Gasteiger partial charge in [-0.3, -0.25) is 4.79 Å². The monoisotopic (exact) mass is 340 g/mol. The normalized spacial score (nSPS) is 16.2. The number of pyridine rings is 1. The molecule has 2 aromatic rings. The highest BCUT2D eigenvalue weighted by Crippen LogP contribution is 2.31. The first-order valence-electron chi connectivity index (χ1n) is 8.51. The molecule has 1 fully saturated rings. The van der Waals surface area contributed by atoms with Crippen molar-refractivity contribution in [2.24, 2.45) is 5.41 Å². The Morgan fingerprint density at radius 1 is 1.16 bits per heavy atom. The summed E-state index contributed by atoms with van der Waals surface area (Å²) in [7, 11) is 1.64. The highest BCUT2D eigenvalue weighted by atomic mass is 16.5. The number of rotatable bonds is 6. The van der Waals surface area contributed by atoms with Crippen LogP contribution in [0.15, 0.2) is 48.7 Å². The third kappa shape index (κ3) is 4.35. The van der Waals surface area contributed by atoms with Gasteiger partial charge in [0.05, 0.1) is 23.9 Å². The molecule has 0 bridgehead atoms. The predicted molar refractivity (Wildman–Crippen MR) is 99.0 cm³/mol. The lowest BCUT2D eigenvalue weighted by atomic mass is 9.78. The summed E-state index contributed by atoms with van der Waals surface area (Å²) in [5, 5.41) is 9.51. The summed E-state index contributed by atoms with van der Waals surface area (Å²) in [6.45, 7) is 2.09. The summed E-state index contributed by atoms with van der Waals surface area (Å²) in [4.78, 5) is 17.2. The van der Waals surface area contributed by atoms with Crippen LogP contribution in [0.2, 0.25) is 0 Å². The van der Waals surface area contributed by atoms with Crippen LogP contribution < -0.4 is 16.0 Å². The van der Waals surface area contributed by atoms with Crippen LogP contribution in [0.1, 0.15) is 12.8 Å². The molecule has 0 radical (unpaired) electrons. The zero-order valence-corrected chi connectivity index (χ0v) is 14.4. The number of piperidine rings is 1. The molecule has 0 spiro atoms. The molecule has 6 nitrogen and oxygen atoms in total. The van der Waals surface area contributed by atoms with Crippen molar-refractivity contribution in [1.29, 1.82) is 0 Å². The van der Waals surface area contributed by atoms with Crippen molar-refractivity contribution in [3.05, 3.63) is 48.7 Å². The fourth-order valence-electron chi connectivity index (χ4n) is 3.09. The number of benzene rings is 1. The number of ether oxygens (including phenoxy) is 1. The van der Waals surface area contributed by atoms with E-state index in [1.165, 1.54) is 0 Å². The van der Waals surface area contributed by atoms with E-state index < -0.39 is 5.41 Å². The molecular weight excluding hydrogens is 316 g/mol. The number of anilines is 3. The Hall–Kier alpha value is -2.44. The molecule has 132 valence electrons. The lowest BCUT2D eigenvalue weighted by Gasteiger charge is -2.35. The van der Waals surface area contributed by atoms with Crippen LogP contribution >= 0.6 is 0 Å². The third-order valence-corrected chi connectivity index (χ3v) is 4.53. The molecule has 1 amide bonds. The summed E-state index contributed by atoms with van der Waals surface area (Å²) >= 11 is 0. The van der Waals surface area contributed by atoms with E-state index in [9.17, 15) is 4.79 Å². The van der Waals surface area contributed by atoms with Gasteiger partial charge in [-0.05, 0) is 50.2 Å². The zero-order valence-electron chi connectivity index (χ0n) is 14.4. The molecule has 0 unspecified atom stereocenters. The highest BCUT2D eigenvalue weighted by Gasteiger charge is 2.39. The van der Waals surface area contributed by atoms with E-state index >= 15 is 0 Å². The Balaban J connectivity index is 1.65. The average Bonchev–Trinajstić information content (AvgIpc) is 2.65. The van der Waals surface area contributed by atoms with Crippen molar-refractivity contribution in [1.82, 2.24) is 10.3 Å². The van der Waals surface area contributed by atoms with Crippen LogP contribution in [0.3, 0.4) is 0 Å². The van der Waals surface area contributed by atoms with E-state index in [1.54, 1.807) is 13.3 Å². The maximum atomic E-state index is 12.8. The molecule has 1 aliphatic rings. The standard InChI is InChI=1S/C19H24N4O2/c1-25-14-19(9-11-20-12-10-19)18(24)23-16-7-8-17(21-13-16)22-15-5-3-2-4-6-15/h2-8,13,20H,9-12,14H2,1H3,(H,21,22)(H,23,24). The van der Waals surface area contributed by atoms with Crippen molar-refractivity contribution in [3.63, 3.8) is 0 Å². The molecular formula is C19H24N4O2. The minimum atomic E-state index is -0.471. The predicted octanol–water partition coefficient (Wildman–Crippen LogP) is 2.78. The van der Waals surface area contributed by atoms with Crippen LogP contribution in [0.4, 0.5) is 17.2 Å². The van der Waals surface area contributed by atoms with Gasteiger partial charge in [-0.1, -0.05) is 18.2 Å². The van der Waals surface area contributed by atoms with Gasteiger partial charge in [0, 0.05) is 12.8 Å². The largest absolute Gasteiger partial charge is 0.384 e. The smallest absolute Gasteiger partial charge is 0.233 e. The van der Waals surface area contributed by atoms with Gasteiger partial charge in [0.1, 0.15) is 5.82 Å². The number of aromatic nitrogens is 1. The second-order valence-corrected chi connectivity index (χ2v) is 6.34. The fourth-order valence-corrected chi connectivity index (χ4v) is 3.09. The number of nitrogens with zero attached hydrogens (tertiary/aromatic N) is 1. The number of hydrogen-bond donors (Lipinski definition) is 3. The summed E-state index contributed by atoms with van der Waals surface area (Å²) in [5.41, 5.74) is 1.19. The van der Waals surface area contributed by atoms with E-state index in [0.29, 0.717) is 12.3 Å². The van der Waals surface area contributed by atoms with Crippen LogP contribution in [-0.4, -0.2) is 37.7 Å². The van der Waals surface area contributed by atoms with Gasteiger partial charge >= 0.3 is 0 Å². The number of methoxy groups -OCH3 is 1. The molecule has 25 heavy (non-hydrogen) atoms. The quantitative estimate of drug-likeness (QED) is 0.754. The SMILES string of the molecule is COCC1(C(=O)Nc2ccc(Nc3ccccc3)nc2)CCNCC1. The van der Waals surface area contributed by atoms with Gasteiger partial charge < -0.3 is 20.7 Å². The minimum absolute atomic E-state index is 0.00131. The Kier molecular flexibility index (Phi) is 5.63. The minimum Gasteiger partial charge on any atom is -0.384 e. The molecule has 2 heterocycles. The van der Waals surface area contributed by atoms with Crippen molar-refractivity contribution in [2.75, 3.05) is 37.4 Å². The second-order valence-electron chi connectivity index (χ2n) is 6.34. The Labute approximate surface area is 148 Å². The fraction of sp³-hybridized carbons (Fsp3) is 0.368. The maximum Gasteiger partial charge on any atom is 0.233 e. The molecule has 1 aliphatic heterocycles. The van der Waals surface area contributed by atoms with Crippen LogP contribution in [0, 0.1) is 5.41 Å². The first kappa shape index (κ1) is 17.4. The van der Waals surface area contributed by atoms with Gasteiger partial charge in [0.2, 0.25) is 5.91 Å². The second kappa shape index (κ2) is 8.09. The number of carbonyl (C=O) groups excluding carboxylic acids is 1. The summed E-state index contributed by atoms with van der Waals surface area (Å²) < 4.78 is 5.31. The average molecular weight is 340 g/mol.